The summed E-state index contributed by atoms with van der Waals surface area (Å²) >= 11 is 0. The Kier molecular flexibility index (Phi) is 9.20. The second-order valence-electron chi connectivity index (χ2n) is 6.44. The Balaban J connectivity index is 1.74. The smallest absolute Gasteiger partial charge is 0.382 e. The molecule has 0 aliphatic carbocycles. The lowest BCUT2D eigenvalue weighted by Crippen LogP contribution is -2.34. The molecule has 1 aliphatic heterocycles. The molecule has 5 atom stereocenters. The summed E-state index contributed by atoms with van der Waals surface area (Å²) in [5, 5.41) is 0. The van der Waals surface area contributed by atoms with Crippen molar-refractivity contribution in [3.63, 3.8) is 0 Å². The van der Waals surface area contributed by atoms with Crippen LogP contribution in [0.15, 0.2) is 12.7 Å². The zero-order valence-electron chi connectivity index (χ0n) is 17.1. The van der Waals surface area contributed by atoms with Crippen LogP contribution >= 0.6 is 45.1 Å². The first-order valence-corrected chi connectivity index (χ1v) is 16.2. The van der Waals surface area contributed by atoms with Gasteiger partial charge < -0.3 is 39.3 Å². The minimum absolute atomic E-state index is 0.0500. The molecule has 0 spiro atoms. The summed E-state index contributed by atoms with van der Waals surface area (Å²) in [7, 11) is -13.6. The van der Waals surface area contributed by atoms with Crippen LogP contribution in [0.4, 0.5) is 5.82 Å². The summed E-state index contributed by atoms with van der Waals surface area (Å²) in [6, 6.07) is -0.517. The average molecular weight is 583 g/mol. The van der Waals surface area contributed by atoms with Gasteiger partial charge in [-0.3, -0.25) is 4.52 Å². The minimum atomic E-state index is -5.64. The first-order valence-electron chi connectivity index (χ1n) is 8.92. The molecule has 6 N–H and O–H groups in total. The Labute approximate surface area is 199 Å². The van der Waals surface area contributed by atoms with Crippen molar-refractivity contribution in [2.24, 2.45) is 0 Å². The molecular formula is C12H20N5O12P3S2. The SMILES string of the molecule is CSSCO[C@H]1[C@H](n2cnc3c(N)ncnc32)CO[C@@H]1COP(=O)(O)OP(=O)(O)OP(=O)(O)O. The normalized spacial score (nSPS) is 24.8. The monoisotopic (exact) mass is 583 g/mol. The van der Waals surface area contributed by atoms with Crippen molar-refractivity contribution >= 4 is 62.0 Å². The fourth-order valence-electron chi connectivity index (χ4n) is 3.00. The summed E-state index contributed by atoms with van der Waals surface area (Å²) in [4.78, 5) is 48.5. The Morgan fingerprint density at radius 3 is 2.59 bits per heavy atom. The number of ether oxygens (including phenoxy) is 2. The van der Waals surface area contributed by atoms with Crippen molar-refractivity contribution in [1.29, 1.82) is 0 Å². The van der Waals surface area contributed by atoms with Crippen molar-refractivity contribution in [2.45, 2.75) is 18.2 Å². The van der Waals surface area contributed by atoms with Crippen LogP contribution in [0.25, 0.3) is 11.2 Å². The Morgan fingerprint density at radius 1 is 1.18 bits per heavy atom. The zero-order valence-corrected chi connectivity index (χ0v) is 21.4. The molecule has 0 radical (unpaired) electrons. The van der Waals surface area contributed by atoms with Gasteiger partial charge in [-0.25, -0.2) is 28.6 Å². The highest BCUT2D eigenvalue weighted by Gasteiger charge is 2.44. The van der Waals surface area contributed by atoms with E-state index in [1.54, 1.807) is 4.57 Å². The maximum atomic E-state index is 12.1. The topological polar surface area (TPSA) is 248 Å². The number of nitrogen functional groups attached to an aromatic ring is 1. The number of fused-ring (bicyclic) bond motifs is 1. The lowest BCUT2D eigenvalue weighted by molar-refractivity contribution is -0.0226. The predicted octanol–water partition coefficient (Wildman–Crippen LogP) is 1.05. The molecule has 2 unspecified atom stereocenters. The van der Waals surface area contributed by atoms with Crippen LogP contribution in [-0.2, 0) is 36.3 Å². The highest BCUT2D eigenvalue weighted by atomic mass is 33.1. The number of nitrogens with two attached hydrogens (primary N) is 1. The van der Waals surface area contributed by atoms with Gasteiger partial charge in [0, 0.05) is 0 Å². The van der Waals surface area contributed by atoms with Crippen molar-refractivity contribution in [2.75, 3.05) is 31.1 Å². The molecule has 17 nitrogen and oxygen atoms in total. The van der Waals surface area contributed by atoms with Gasteiger partial charge in [0.25, 0.3) is 0 Å². The van der Waals surface area contributed by atoms with Gasteiger partial charge in [-0.1, -0.05) is 21.6 Å². The van der Waals surface area contributed by atoms with E-state index in [1.807, 2.05) is 6.26 Å². The van der Waals surface area contributed by atoms with E-state index < -0.39 is 48.3 Å². The lowest BCUT2D eigenvalue weighted by Gasteiger charge is -2.24. The number of phosphoric acid groups is 3. The van der Waals surface area contributed by atoms with Crippen LogP contribution in [0.1, 0.15) is 6.04 Å². The van der Waals surface area contributed by atoms with Crippen LogP contribution in [0, 0.1) is 0 Å². The van der Waals surface area contributed by atoms with Gasteiger partial charge >= 0.3 is 23.5 Å². The molecule has 2 aromatic rings. The highest BCUT2D eigenvalue weighted by Crippen LogP contribution is 2.66. The maximum Gasteiger partial charge on any atom is 0.490 e. The number of hydrogen-bond acceptors (Lipinski definition) is 14. The van der Waals surface area contributed by atoms with E-state index in [4.69, 9.17) is 29.5 Å². The van der Waals surface area contributed by atoms with Crippen LogP contribution in [0.3, 0.4) is 0 Å². The van der Waals surface area contributed by atoms with Crippen molar-refractivity contribution in [3.05, 3.63) is 12.7 Å². The predicted molar refractivity (Wildman–Crippen MR) is 119 cm³/mol. The minimum Gasteiger partial charge on any atom is -0.382 e. The number of aromatic nitrogens is 4. The lowest BCUT2D eigenvalue weighted by atomic mass is 10.1. The molecule has 2 aromatic heterocycles. The van der Waals surface area contributed by atoms with E-state index >= 15 is 0 Å². The van der Waals surface area contributed by atoms with Crippen LogP contribution < -0.4 is 5.73 Å². The Hall–Kier alpha value is -0.620. The highest BCUT2D eigenvalue weighted by molar-refractivity contribution is 8.76. The molecular weight excluding hydrogens is 563 g/mol. The average Bonchev–Trinajstić information content (AvgIpc) is 3.28. The molecule has 34 heavy (non-hydrogen) atoms. The quantitative estimate of drug-likeness (QED) is 0.101. The number of rotatable bonds is 12. The molecule has 22 heteroatoms. The molecule has 1 fully saturated rings. The third kappa shape index (κ3) is 7.44. The van der Waals surface area contributed by atoms with Gasteiger partial charge in [0.05, 0.1) is 25.6 Å². The van der Waals surface area contributed by atoms with E-state index in [0.29, 0.717) is 11.2 Å². The third-order valence-corrected chi connectivity index (χ3v) is 9.48. The molecule has 192 valence electrons. The second-order valence-corrected chi connectivity index (χ2v) is 13.4. The number of phosphoric ester groups is 1. The second kappa shape index (κ2) is 11.2. The van der Waals surface area contributed by atoms with Gasteiger partial charge in [-0.05, 0) is 6.26 Å². The van der Waals surface area contributed by atoms with Crippen molar-refractivity contribution < 1.29 is 55.9 Å². The molecule has 0 amide bonds. The standard InChI is InChI=1S/C12H20N5O12P3S2/c1-33-34-6-26-10-7(17-5-16-9-11(13)14-4-15-12(9)17)2-25-8(10)3-27-31(21,22)29-32(23,24)28-30(18,19)20/h4-5,7-8,10H,2-3,6H2,1H3,(H,21,22)(H,23,24)(H2,13,14,15)(H2,18,19,20)/t7-,8-,10+/m1/s1. The first-order chi connectivity index (χ1) is 15.8. The Morgan fingerprint density at radius 2 is 1.91 bits per heavy atom. The summed E-state index contributed by atoms with van der Waals surface area (Å²) in [6.07, 6.45) is 2.84. The molecule has 3 rings (SSSR count). The summed E-state index contributed by atoms with van der Waals surface area (Å²) in [5.41, 5.74) is 6.58. The van der Waals surface area contributed by atoms with E-state index in [-0.39, 0.29) is 18.4 Å². The summed E-state index contributed by atoms with van der Waals surface area (Å²) < 4.78 is 59.6. The van der Waals surface area contributed by atoms with Gasteiger partial charge in [-0.2, -0.15) is 8.62 Å². The maximum absolute atomic E-state index is 12.1. The molecule has 3 heterocycles. The van der Waals surface area contributed by atoms with Gasteiger partial charge in [-0.15, -0.1) is 0 Å². The third-order valence-electron chi connectivity index (χ3n) is 4.22. The van der Waals surface area contributed by atoms with E-state index in [9.17, 15) is 23.5 Å². The van der Waals surface area contributed by atoms with Gasteiger partial charge in [0.2, 0.25) is 0 Å². The number of nitrogens with zero attached hydrogens (tertiary/aromatic N) is 4. The van der Waals surface area contributed by atoms with Crippen LogP contribution in [0.5, 0.6) is 0 Å². The van der Waals surface area contributed by atoms with Crippen molar-refractivity contribution in [3.8, 4) is 0 Å². The van der Waals surface area contributed by atoms with Gasteiger partial charge in [0.1, 0.15) is 30.0 Å². The molecule has 1 saturated heterocycles. The Bertz CT molecular complexity index is 1150. The zero-order chi connectivity index (χ0) is 25.1. The summed E-state index contributed by atoms with van der Waals surface area (Å²) in [5.74, 6) is 0.378. The molecule has 1 aliphatic rings. The van der Waals surface area contributed by atoms with E-state index in [1.165, 1.54) is 34.2 Å². The van der Waals surface area contributed by atoms with Crippen LogP contribution in [-0.4, -0.2) is 76.7 Å². The number of hydrogen-bond donors (Lipinski definition) is 5. The van der Waals surface area contributed by atoms with E-state index in [0.717, 1.165) is 0 Å². The fraction of sp³-hybridized carbons (Fsp3) is 0.583. The summed E-state index contributed by atoms with van der Waals surface area (Å²) in [6.45, 7) is -0.604. The molecule has 0 saturated carbocycles. The molecule has 0 aromatic carbocycles. The molecule has 0 bridgehead atoms. The number of imidazole rings is 1. The fourth-order valence-corrected chi connectivity index (χ4v) is 6.79. The van der Waals surface area contributed by atoms with Crippen LogP contribution in [0.2, 0.25) is 0 Å². The van der Waals surface area contributed by atoms with E-state index in [2.05, 4.69) is 23.6 Å². The van der Waals surface area contributed by atoms with Crippen molar-refractivity contribution in [1.82, 2.24) is 19.5 Å². The van der Waals surface area contributed by atoms with Gasteiger partial charge in [0.15, 0.2) is 11.5 Å². The largest absolute Gasteiger partial charge is 0.490 e. The number of anilines is 1. The first kappa shape index (κ1) is 28.0.